The third kappa shape index (κ3) is 4.59. The van der Waals surface area contributed by atoms with Crippen LogP contribution in [0.5, 0.6) is 11.5 Å². The number of carbonyl (C=O) groups is 1. The molecule has 0 radical (unpaired) electrons. The highest BCUT2D eigenvalue weighted by molar-refractivity contribution is 7.14. The van der Waals surface area contributed by atoms with E-state index in [0.717, 1.165) is 11.3 Å². The van der Waals surface area contributed by atoms with Gasteiger partial charge in [0.2, 0.25) is 5.91 Å². The second-order valence-corrected chi connectivity index (χ2v) is 5.30. The monoisotopic (exact) mass is 346 g/mol. The number of alkyl halides is 3. The first-order valence-corrected chi connectivity index (χ1v) is 7.25. The summed E-state index contributed by atoms with van der Waals surface area (Å²) in [6.45, 7) is 0. The molecule has 0 aliphatic carbocycles. The zero-order valence-corrected chi connectivity index (χ0v) is 13.0. The van der Waals surface area contributed by atoms with Crippen molar-refractivity contribution in [2.45, 2.75) is 12.6 Å². The number of anilines is 1. The van der Waals surface area contributed by atoms with Crippen LogP contribution in [-0.2, 0) is 4.79 Å². The number of hydrogen-bond acceptors (Lipinski definition) is 5. The number of thiazole rings is 1. The molecule has 0 atom stereocenters. The van der Waals surface area contributed by atoms with E-state index in [1.54, 1.807) is 23.6 Å². The van der Waals surface area contributed by atoms with Gasteiger partial charge in [0.1, 0.15) is 17.9 Å². The van der Waals surface area contributed by atoms with Gasteiger partial charge in [-0.3, -0.25) is 4.79 Å². The second-order valence-electron chi connectivity index (χ2n) is 4.44. The Hall–Kier alpha value is -2.29. The third-order valence-corrected chi connectivity index (χ3v) is 3.55. The van der Waals surface area contributed by atoms with Crippen LogP contribution < -0.4 is 14.8 Å². The van der Waals surface area contributed by atoms with Crippen LogP contribution in [-0.4, -0.2) is 31.3 Å². The molecule has 5 nitrogen and oxygen atoms in total. The topological polar surface area (TPSA) is 60.5 Å². The van der Waals surface area contributed by atoms with Crippen molar-refractivity contribution in [3.8, 4) is 22.8 Å². The number of rotatable bonds is 5. The lowest BCUT2D eigenvalue weighted by atomic mass is 10.1. The number of nitrogens with one attached hydrogen (secondary N) is 1. The maximum atomic E-state index is 12.1. The van der Waals surface area contributed by atoms with Gasteiger partial charge < -0.3 is 14.8 Å². The molecule has 1 heterocycles. The normalized spacial score (nSPS) is 11.2. The van der Waals surface area contributed by atoms with Crippen molar-refractivity contribution in [3.05, 3.63) is 23.6 Å². The molecule has 0 aliphatic heterocycles. The van der Waals surface area contributed by atoms with Gasteiger partial charge in [-0.25, -0.2) is 4.98 Å². The second kappa shape index (κ2) is 6.86. The van der Waals surface area contributed by atoms with Gasteiger partial charge in [-0.2, -0.15) is 13.2 Å². The van der Waals surface area contributed by atoms with Gasteiger partial charge in [-0.05, 0) is 12.1 Å². The van der Waals surface area contributed by atoms with Crippen molar-refractivity contribution in [2.24, 2.45) is 0 Å². The molecule has 1 N–H and O–H groups in total. The molecule has 0 spiro atoms. The van der Waals surface area contributed by atoms with E-state index in [9.17, 15) is 18.0 Å². The lowest BCUT2D eigenvalue weighted by Gasteiger charge is -2.08. The first kappa shape index (κ1) is 17.1. The first-order valence-electron chi connectivity index (χ1n) is 6.37. The van der Waals surface area contributed by atoms with Gasteiger partial charge >= 0.3 is 6.18 Å². The summed E-state index contributed by atoms with van der Waals surface area (Å²) in [4.78, 5) is 15.4. The van der Waals surface area contributed by atoms with Crippen LogP contribution in [0, 0.1) is 0 Å². The minimum absolute atomic E-state index is 0.0899. The summed E-state index contributed by atoms with van der Waals surface area (Å²) >= 11 is 1.03. The molecule has 2 aromatic rings. The van der Waals surface area contributed by atoms with Crippen molar-refractivity contribution < 1.29 is 27.4 Å². The Morgan fingerprint density at radius 1 is 1.30 bits per heavy atom. The minimum Gasteiger partial charge on any atom is -0.497 e. The molecule has 0 aliphatic rings. The summed E-state index contributed by atoms with van der Waals surface area (Å²) in [6.07, 6.45) is -6.10. The highest BCUT2D eigenvalue weighted by Crippen LogP contribution is 2.35. The molecule has 124 valence electrons. The quantitative estimate of drug-likeness (QED) is 0.896. The number of halogens is 3. The molecular formula is C14H13F3N2O3S. The van der Waals surface area contributed by atoms with E-state index in [4.69, 9.17) is 9.47 Å². The zero-order valence-electron chi connectivity index (χ0n) is 12.2. The fraction of sp³-hybridized carbons (Fsp3) is 0.286. The lowest BCUT2D eigenvalue weighted by molar-refractivity contribution is -0.150. The van der Waals surface area contributed by atoms with Crippen molar-refractivity contribution >= 4 is 22.4 Å². The summed E-state index contributed by atoms with van der Waals surface area (Å²) in [7, 11) is 3.00. The van der Waals surface area contributed by atoms with Gasteiger partial charge in [0.25, 0.3) is 0 Å². The molecule has 0 saturated heterocycles. The average Bonchev–Trinajstić information content (AvgIpc) is 2.92. The molecule has 0 fully saturated rings. The molecule has 0 unspecified atom stereocenters. The molecular weight excluding hydrogens is 333 g/mol. The van der Waals surface area contributed by atoms with Crippen LogP contribution in [0.15, 0.2) is 23.6 Å². The van der Waals surface area contributed by atoms with Crippen LogP contribution in [0.25, 0.3) is 11.3 Å². The summed E-state index contributed by atoms with van der Waals surface area (Å²) in [5.74, 6) is -0.0533. The smallest absolute Gasteiger partial charge is 0.397 e. The predicted molar refractivity (Wildman–Crippen MR) is 80.0 cm³/mol. The van der Waals surface area contributed by atoms with E-state index in [-0.39, 0.29) is 5.13 Å². The Morgan fingerprint density at radius 3 is 2.65 bits per heavy atom. The first-order chi connectivity index (χ1) is 10.8. The van der Waals surface area contributed by atoms with Gasteiger partial charge in [0.15, 0.2) is 5.13 Å². The zero-order chi connectivity index (χ0) is 17.0. The highest BCUT2D eigenvalue weighted by atomic mass is 32.1. The molecule has 0 saturated carbocycles. The van der Waals surface area contributed by atoms with E-state index < -0.39 is 18.5 Å². The highest BCUT2D eigenvalue weighted by Gasteiger charge is 2.31. The van der Waals surface area contributed by atoms with Crippen LogP contribution in [0.1, 0.15) is 6.42 Å². The van der Waals surface area contributed by atoms with Crippen molar-refractivity contribution in [1.29, 1.82) is 0 Å². The van der Waals surface area contributed by atoms with Crippen LogP contribution in [0.2, 0.25) is 0 Å². The van der Waals surface area contributed by atoms with E-state index in [2.05, 4.69) is 10.3 Å². The van der Waals surface area contributed by atoms with Crippen LogP contribution >= 0.6 is 11.3 Å². The Bertz CT molecular complexity index is 701. The molecule has 2 rings (SSSR count). The number of carbonyl (C=O) groups excluding carboxylic acids is 1. The number of aromatic nitrogens is 1. The van der Waals surface area contributed by atoms with E-state index in [1.165, 1.54) is 14.2 Å². The largest absolute Gasteiger partial charge is 0.497 e. The van der Waals surface area contributed by atoms with E-state index in [0.29, 0.717) is 22.8 Å². The number of ether oxygens (including phenoxy) is 2. The standard InChI is InChI=1S/C14H13F3N2O3S/c1-21-8-3-4-9(11(5-8)22-2)10-7-23-13(18-10)19-12(20)6-14(15,16)17/h3-5,7H,6H2,1-2H3,(H,18,19,20). The minimum atomic E-state index is -4.55. The third-order valence-electron chi connectivity index (χ3n) is 2.80. The summed E-state index contributed by atoms with van der Waals surface area (Å²) in [5, 5.41) is 3.84. The molecule has 1 aromatic carbocycles. The molecule has 23 heavy (non-hydrogen) atoms. The molecule has 0 bridgehead atoms. The molecule has 1 aromatic heterocycles. The number of methoxy groups -OCH3 is 2. The maximum absolute atomic E-state index is 12.1. The van der Waals surface area contributed by atoms with Crippen molar-refractivity contribution in [3.63, 3.8) is 0 Å². The Labute approximate surface area is 134 Å². The Balaban J connectivity index is 2.18. The van der Waals surface area contributed by atoms with Gasteiger partial charge in [0.05, 0.1) is 19.9 Å². The number of nitrogens with zero attached hydrogens (tertiary/aromatic N) is 1. The lowest BCUT2D eigenvalue weighted by Crippen LogP contribution is -2.21. The molecule has 1 amide bonds. The average molecular weight is 346 g/mol. The van der Waals surface area contributed by atoms with Gasteiger partial charge in [0, 0.05) is 17.0 Å². The Kier molecular flexibility index (Phi) is 5.09. The fourth-order valence-corrected chi connectivity index (χ4v) is 2.54. The summed E-state index contributed by atoms with van der Waals surface area (Å²) in [5.41, 5.74) is 1.12. The van der Waals surface area contributed by atoms with Crippen LogP contribution in [0.4, 0.5) is 18.3 Å². The summed E-state index contributed by atoms with van der Waals surface area (Å²) in [6, 6.07) is 5.09. The van der Waals surface area contributed by atoms with E-state index >= 15 is 0 Å². The van der Waals surface area contributed by atoms with Crippen molar-refractivity contribution in [1.82, 2.24) is 4.98 Å². The predicted octanol–water partition coefficient (Wildman–Crippen LogP) is 3.72. The number of benzene rings is 1. The fourth-order valence-electron chi connectivity index (χ4n) is 1.81. The molecule has 9 heteroatoms. The Morgan fingerprint density at radius 2 is 2.04 bits per heavy atom. The van der Waals surface area contributed by atoms with Crippen molar-refractivity contribution in [2.75, 3.05) is 19.5 Å². The van der Waals surface area contributed by atoms with E-state index in [1.807, 2.05) is 0 Å². The maximum Gasteiger partial charge on any atom is 0.397 e. The number of hydrogen-bond donors (Lipinski definition) is 1. The SMILES string of the molecule is COc1ccc(-c2csc(NC(=O)CC(F)(F)F)n2)c(OC)c1. The number of amides is 1. The van der Waals surface area contributed by atoms with Gasteiger partial charge in [-0.15, -0.1) is 11.3 Å². The summed E-state index contributed by atoms with van der Waals surface area (Å²) < 4.78 is 46.8. The van der Waals surface area contributed by atoms with Crippen LogP contribution in [0.3, 0.4) is 0 Å². The van der Waals surface area contributed by atoms with Gasteiger partial charge in [-0.1, -0.05) is 0 Å².